The topological polar surface area (TPSA) is 83.0 Å². The van der Waals surface area contributed by atoms with Crippen LogP contribution in [-0.4, -0.2) is 64.4 Å². The molecule has 7 heteroatoms. The molecule has 0 aliphatic carbocycles. The number of hydrogen-bond donors (Lipinski definition) is 1. The lowest BCUT2D eigenvalue weighted by atomic mass is 9.96. The largest absolute Gasteiger partial charge is 0.507 e. The Bertz CT molecular complexity index is 986. The van der Waals surface area contributed by atoms with Crippen molar-refractivity contribution in [2.24, 2.45) is 0 Å². The SMILES string of the molecule is CCCCOc1cccc(/C(O)=C2\C(=O)C(=O)N(CCN(CC)CC)C2c2ccncc2)c1. The van der Waals surface area contributed by atoms with E-state index in [-0.39, 0.29) is 11.3 Å². The number of unbranched alkanes of at least 4 members (excludes halogenated alkanes) is 1. The number of Topliss-reactive ketones (excluding diaryl/α,β-unsaturated/α-hetero) is 1. The van der Waals surface area contributed by atoms with Gasteiger partial charge in [0.05, 0.1) is 18.2 Å². The number of likely N-dealkylation sites (N-methyl/N-ethyl adjacent to an activating group) is 1. The van der Waals surface area contributed by atoms with Gasteiger partial charge in [-0.05, 0) is 49.3 Å². The second-order valence-corrected chi connectivity index (χ2v) is 8.03. The van der Waals surface area contributed by atoms with Crippen LogP contribution in [0, 0.1) is 0 Å². The fourth-order valence-electron chi connectivity index (χ4n) is 4.01. The highest BCUT2D eigenvalue weighted by Gasteiger charge is 2.45. The van der Waals surface area contributed by atoms with E-state index in [1.165, 1.54) is 0 Å². The quantitative estimate of drug-likeness (QED) is 0.240. The number of ketones is 1. The molecule has 1 amide bonds. The molecule has 1 saturated heterocycles. The fraction of sp³-hybridized carbons (Fsp3) is 0.423. The lowest BCUT2D eigenvalue weighted by Crippen LogP contribution is -2.38. The molecule has 1 unspecified atom stereocenters. The number of pyridine rings is 1. The molecule has 1 aliphatic heterocycles. The Morgan fingerprint density at radius 2 is 1.85 bits per heavy atom. The van der Waals surface area contributed by atoms with E-state index in [4.69, 9.17) is 4.74 Å². The Balaban J connectivity index is 2.01. The van der Waals surface area contributed by atoms with Gasteiger partial charge in [-0.3, -0.25) is 14.6 Å². The predicted octanol–water partition coefficient (Wildman–Crippen LogP) is 4.02. The van der Waals surface area contributed by atoms with Crippen molar-refractivity contribution in [3.8, 4) is 5.75 Å². The number of aliphatic hydroxyl groups excluding tert-OH is 1. The summed E-state index contributed by atoms with van der Waals surface area (Å²) in [7, 11) is 0. The summed E-state index contributed by atoms with van der Waals surface area (Å²) in [4.78, 5) is 34.0. The number of aromatic nitrogens is 1. The zero-order chi connectivity index (χ0) is 23.8. The number of amides is 1. The Kier molecular flexibility index (Phi) is 8.60. The summed E-state index contributed by atoms with van der Waals surface area (Å²) < 4.78 is 5.76. The minimum absolute atomic E-state index is 0.0939. The van der Waals surface area contributed by atoms with Gasteiger partial charge >= 0.3 is 0 Å². The predicted molar refractivity (Wildman–Crippen MR) is 128 cm³/mol. The van der Waals surface area contributed by atoms with Gasteiger partial charge in [0.25, 0.3) is 11.7 Å². The van der Waals surface area contributed by atoms with Gasteiger partial charge in [-0.2, -0.15) is 0 Å². The van der Waals surface area contributed by atoms with Gasteiger partial charge in [-0.1, -0.05) is 39.3 Å². The van der Waals surface area contributed by atoms with Crippen molar-refractivity contribution >= 4 is 17.4 Å². The summed E-state index contributed by atoms with van der Waals surface area (Å²) in [6.45, 7) is 9.52. The molecule has 1 aliphatic rings. The molecule has 2 heterocycles. The zero-order valence-corrected chi connectivity index (χ0v) is 19.7. The molecular weight excluding hydrogens is 418 g/mol. The molecule has 1 aromatic carbocycles. The highest BCUT2D eigenvalue weighted by Crippen LogP contribution is 2.39. The van der Waals surface area contributed by atoms with Crippen molar-refractivity contribution in [3.63, 3.8) is 0 Å². The third-order valence-corrected chi connectivity index (χ3v) is 5.99. The third kappa shape index (κ3) is 5.60. The first-order valence-corrected chi connectivity index (χ1v) is 11.7. The van der Waals surface area contributed by atoms with E-state index in [0.717, 1.165) is 31.5 Å². The number of nitrogens with zero attached hydrogens (tertiary/aromatic N) is 3. The maximum Gasteiger partial charge on any atom is 0.295 e. The lowest BCUT2D eigenvalue weighted by molar-refractivity contribution is -0.140. The second kappa shape index (κ2) is 11.6. The normalized spacial score (nSPS) is 17.7. The van der Waals surface area contributed by atoms with Crippen LogP contribution in [-0.2, 0) is 9.59 Å². The van der Waals surface area contributed by atoms with Gasteiger partial charge < -0.3 is 19.6 Å². The smallest absolute Gasteiger partial charge is 0.295 e. The van der Waals surface area contributed by atoms with Gasteiger partial charge in [-0.15, -0.1) is 0 Å². The van der Waals surface area contributed by atoms with E-state index in [1.807, 2.05) is 6.07 Å². The number of rotatable bonds is 11. The molecule has 0 spiro atoms. The molecule has 7 nitrogen and oxygen atoms in total. The summed E-state index contributed by atoms with van der Waals surface area (Å²) in [5, 5.41) is 11.2. The van der Waals surface area contributed by atoms with Crippen LogP contribution < -0.4 is 4.74 Å². The van der Waals surface area contributed by atoms with Crippen molar-refractivity contribution in [1.82, 2.24) is 14.8 Å². The number of hydrogen-bond acceptors (Lipinski definition) is 6. The van der Waals surface area contributed by atoms with Gasteiger partial charge in [0.1, 0.15) is 11.5 Å². The van der Waals surface area contributed by atoms with Crippen molar-refractivity contribution in [3.05, 3.63) is 65.5 Å². The maximum absolute atomic E-state index is 13.1. The number of likely N-dealkylation sites (tertiary alicyclic amines) is 1. The fourth-order valence-corrected chi connectivity index (χ4v) is 4.01. The molecule has 1 atom stereocenters. The summed E-state index contributed by atoms with van der Waals surface area (Å²) in [5.74, 6) is -0.850. The Morgan fingerprint density at radius 3 is 2.52 bits per heavy atom. The van der Waals surface area contributed by atoms with E-state index < -0.39 is 17.7 Å². The maximum atomic E-state index is 13.1. The summed E-state index contributed by atoms with van der Waals surface area (Å²) in [5.41, 5.74) is 1.28. The number of carbonyl (C=O) groups is 2. The van der Waals surface area contributed by atoms with Crippen LogP contribution in [0.3, 0.4) is 0 Å². The zero-order valence-electron chi connectivity index (χ0n) is 19.7. The molecule has 0 radical (unpaired) electrons. The highest BCUT2D eigenvalue weighted by molar-refractivity contribution is 6.46. The van der Waals surface area contributed by atoms with E-state index in [0.29, 0.717) is 31.0 Å². The molecule has 0 bridgehead atoms. The second-order valence-electron chi connectivity index (χ2n) is 8.03. The Morgan fingerprint density at radius 1 is 1.12 bits per heavy atom. The van der Waals surface area contributed by atoms with Crippen molar-refractivity contribution < 1.29 is 19.4 Å². The van der Waals surface area contributed by atoms with E-state index in [1.54, 1.807) is 47.6 Å². The third-order valence-electron chi connectivity index (χ3n) is 5.99. The molecule has 176 valence electrons. The summed E-state index contributed by atoms with van der Waals surface area (Å²) >= 11 is 0. The first-order valence-electron chi connectivity index (χ1n) is 11.7. The Labute approximate surface area is 195 Å². The van der Waals surface area contributed by atoms with Gasteiger partial charge in [0, 0.05) is 31.0 Å². The van der Waals surface area contributed by atoms with E-state index in [9.17, 15) is 14.7 Å². The summed E-state index contributed by atoms with van der Waals surface area (Å²) in [6.07, 6.45) is 5.20. The van der Waals surface area contributed by atoms with Gasteiger partial charge in [0.15, 0.2) is 0 Å². The van der Waals surface area contributed by atoms with E-state index in [2.05, 4.69) is 30.7 Å². The molecule has 33 heavy (non-hydrogen) atoms. The minimum Gasteiger partial charge on any atom is -0.507 e. The van der Waals surface area contributed by atoms with E-state index >= 15 is 0 Å². The average Bonchev–Trinajstić information content (AvgIpc) is 3.10. The molecule has 2 aromatic rings. The number of benzene rings is 1. The van der Waals surface area contributed by atoms with Gasteiger partial charge in [0.2, 0.25) is 0 Å². The van der Waals surface area contributed by atoms with Crippen LogP contribution in [0.25, 0.3) is 5.76 Å². The van der Waals surface area contributed by atoms with Crippen LogP contribution in [0.1, 0.15) is 50.8 Å². The van der Waals surface area contributed by atoms with Crippen molar-refractivity contribution in [2.45, 2.75) is 39.7 Å². The van der Waals surface area contributed by atoms with Crippen molar-refractivity contribution in [1.29, 1.82) is 0 Å². The van der Waals surface area contributed by atoms with Gasteiger partial charge in [-0.25, -0.2) is 0 Å². The van der Waals surface area contributed by atoms with Crippen LogP contribution in [0.15, 0.2) is 54.4 Å². The summed E-state index contributed by atoms with van der Waals surface area (Å²) in [6, 6.07) is 9.89. The molecular formula is C26H33N3O4. The molecule has 1 N–H and O–H groups in total. The van der Waals surface area contributed by atoms with Crippen LogP contribution >= 0.6 is 0 Å². The Hall–Kier alpha value is -3.19. The van der Waals surface area contributed by atoms with Crippen LogP contribution in [0.4, 0.5) is 0 Å². The van der Waals surface area contributed by atoms with Crippen LogP contribution in [0.5, 0.6) is 5.75 Å². The first kappa shape index (κ1) is 24.5. The van der Waals surface area contributed by atoms with Crippen molar-refractivity contribution in [2.75, 3.05) is 32.8 Å². The lowest BCUT2D eigenvalue weighted by Gasteiger charge is -2.28. The standard InChI is InChI=1S/C26H33N3O4/c1-4-7-17-33-21-10-8-9-20(18-21)24(30)22-23(19-11-13-27-14-12-19)29(26(32)25(22)31)16-15-28(5-2)6-3/h8-14,18,23,30H,4-7,15-17H2,1-3H3/b24-22+. The highest BCUT2D eigenvalue weighted by atomic mass is 16.5. The van der Waals surface area contributed by atoms with Crippen LogP contribution in [0.2, 0.25) is 0 Å². The average molecular weight is 452 g/mol. The first-order chi connectivity index (χ1) is 16.0. The number of ether oxygens (including phenoxy) is 1. The molecule has 1 aromatic heterocycles. The molecule has 1 fully saturated rings. The number of carbonyl (C=O) groups excluding carboxylic acids is 2. The monoisotopic (exact) mass is 451 g/mol. The molecule has 3 rings (SSSR count). The number of aliphatic hydroxyl groups is 1. The molecule has 0 saturated carbocycles. The minimum atomic E-state index is -0.675.